The van der Waals surface area contributed by atoms with Crippen LogP contribution < -0.4 is 0 Å². The molecule has 2 rings (SSSR count). The molecule has 0 N–H and O–H groups in total. The van der Waals surface area contributed by atoms with Gasteiger partial charge in [-0.05, 0) is 18.3 Å². The third-order valence-corrected chi connectivity index (χ3v) is 3.32. The molecular weight excluding hydrogens is 178 g/mol. The number of amides is 1. The Hall–Kier alpha value is -0.860. The summed E-state index contributed by atoms with van der Waals surface area (Å²) in [6.07, 6.45) is 2.87. The third-order valence-electron chi connectivity index (χ3n) is 3.32. The number of likely N-dealkylation sites (tertiary alicyclic amines) is 1. The molecule has 0 aromatic carbocycles. The first kappa shape index (κ1) is 9.69. The van der Waals surface area contributed by atoms with E-state index in [1.165, 1.54) is 0 Å². The number of Topliss-reactive ketones (excluding diaryl/α,β-unsaturated/α-hetero) is 1. The molecule has 1 saturated carbocycles. The van der Waals surface area contributed by atoms with Gasteiger partial charge >= 0.3 is 0 Å². The lowest BCUT2D eigenvalue weighted by atomic mass is 9.67. The van der Waals surface area contributed by atoms with Crippen LogP contribution in [0.3, 0.4) is 0 Å². The van der Waals surface area contributed by atoms with Crippen LogP contribution >= 0.6 is 0 Å². The van der Waals surface area contributed by atoms with E-state index in [0.29, 0.717) is 24.4 Å². The number of ketones is 1. The molecule has 1 aliphatic heterocycles. The molecule has 14 heavy (non-hydrogen) atoms. The smallest absolute Gasteiger partial charge is 0.230 e. The zero-order valence-corrected chi connectivity index (χ0v) is 8.88. The molecule has 3 nitrogen and oxygen atoms in total. The van der Waals surface area contributed by atoms with Gasteiger partial charge in [-0.3, -0.25) is 9.59 Å². The van der Waals surface area contributed by atoms with E-state index >= 15 is 0 Å². The van der Waals surface area contributed by atoms with E-state index in [1.54, 1.807) is 0 Å². The van der Waals surface area contributed by atoms with Gasteiger partial charge in [0, 0.05) is 19.0 Å². The second kappa shape index (κ2) is 3.07. The predicted molar refractivity (Wildman–Crippen MR) is 52.8 cm³/mol. The molecule has 2 aliphatic rings. The lowest BCUT2D eigenvalue weighted by molar-refractivity contribution is -0.145. The van der Waals surface area contributed by atoms with Crippen LogP contribution in [0.4, 0.5) is 0 Å². The molecule has 0 aromatic heterocycles. The van der Waals surface area contributed by atoms with Crippen molar-refractivity contribution >= 4 is 11.7 Å². The van der Waals surface area contributed by atoms with E-state index in [1.807, 2.05) is 4.90 Å². The van der Waals surface area contributed by atoms with Gasteiger partial charge in [0.05, 0.1) is 6.42 Å². The van der Waals surface area contributed by atoms with Crippen LogP contribution in [0.5, 0.6) is 0 Å². The van der Waals surface area contributed by atoms with Crippen molar-refractivity contribution in [1.82, 2.24) is 4.90 Å². The number of rotatable bonds is 1. The molecule has 1 heterocycles. The highest BCUT2D eigenvalue weighted by Crippen LogP contribution is 2.43. The molecule has 1 aliphatic carbocycles. The Morgan fingerprint density at radius 1 is 1.29 bits per heavy atom. The van der Waals surface area contributed by atoms with E-state index in [9.17, 15) is 9.59 Å². The van der Waals surface area contributed by atoms with Gasteiger partial charge in [0.1, 0.15) is 5.78 Å². The van der Waals surface area contributed by atoms with Gasteiger partial charge in [-0.2, -0.15) is 0 Å². The second-order valence-corrected chi connectivity index (χ2v) is 5.28. The number of carbonyl (C=O) groups excluding carboxylic acids is 2. The maximum absolute atomic E-state index is 11.6. The topological polar surface area (TPSA) is 37.4 Å². The van der Waals surface area contributed by atoms with Crippen LogP contribution in [-0.2, 0) is 9.59 Å². The highest BCUT2D eigenvalue weighted by Gasteiger charge is 2.42. The van der Waals surface area contributed by atoms with Crippen molar-refractivity contribution in [2.24, 2.45) is 5.41 Å². The second-order valence-electron chi connectivity index (χ2n) is 5.28. The number of hydrogen-bond donors (Lipinski definition) is 0. The van der Waals surface area contributed by atoms with E-state index < -0.39 is 0 Å². The van der Waals surface area contributed by atoms with Crippen molar-refractivity contribution in [2.45, 2.75) is 45.6 Å². The fourth-order valence-corrected chi connectivity index (χ4v) is 2.55. The Morgan fingerprint density at radius 3 is 2.43 bits per heavy atom. The maximum atomic E-state index is 11.6. The van der Waals surface area contributed by atoms with Gasteiger partial charge in [-0.15, -0.1) is 0 Å². The van der Waals surface area contributed by atoms with Crippen molar-refractivity contribution in [3.63, 3.8) is 0 Å². The molecule has 1 saturated heterocycles. The van der Waals surface area contributed by atoms with Crippen molar-refractivity contribution in [1.29, 1.82) is 0 Å². The molecule has 0 unspecified atom stereocenters. The number of piperidine rings is 1. The average Bonchev–Trinajstić information content (AvgIpc) is 2.00. The molecule has 0 aromatic rings. The van der Waals surface area contributed by atoms with Gasteiger partial charge in [-0.25, -0.2) is 0 Å². The van der Waals surface area contributed by atoms with Gasteiger partial charge < -0.3 is 4.90 Å². The third kappa shape index (κ3) is 1.68. The molecule has 3 heteroatoms. The monoisotopic (exact) mass is 195 g/mol. The fourth-order valence-electron chi connectivity index (χ4n) is 2.55. The van der Waals surface area contributed by atoms with Crippen LogP contribution in [0, 0.1) is 5.41 Å². The molecule has 1 amide bonds. The molecule has 0 bridgehead atoms. The summed E-state index contributed by atoms with van der Waals surface area (Å²) in [6, 6.07) is 0.408. The zero-order valence-electron chi connectivity index (χ0n) is 8.88. The summed E-state index contributed by atoms with van der Waals surface area (Å²) in [5.41, 5.74) is 0.395. The van der Waals surface area contributed by atoms with Gasteiger partial charge in [0.25, 0.3) is 0 Å². The highest BCUT2D eigenvalue weighted by molar-refractivity contribution is 6.00. The summed E-state index contributed by atoms with van der Waals surface area (Å²) < 4.78 is 0. The first-order valence-corrected chi connectivity index (χ1v) is 5.29. The normalized spacial score (nSPS) is 27.7. The first-order valence-electron chi connectivity index (χ1n) is 5.29. The zero-order chi connectivity index (χ0) is 10.3. The first-order chi connectivity index (χ1) is 6.48. The van der Waals surface area contributed by atoms with Crippen LogP contribution in [0.15, 0.2) is 0 Å². The summed E-state index contributed by atoms with van der Waals surface area (Å²) in [5, 5.41) is 0. The molecular formula is C11H17NO2. The average molecular weight is 195 g/mol. The summed E-state index contributed by atoms with van der Waals surface area (Å²) >= 11 is 0. The Bertz CT molecular complexity index is 275. The highest BCUT2D eigenvalue weighted by atomic mass is 16.2. The largest absolute Gasteiger partial charge is 0.339 e. The minimum atomic E-state index is 0.0433. The molecule has 2 fully saturated rings. The maximum Gasteiger partial charge on any atom is 0.230 e. The van der Waals surface area contributed by atoms with E-state index in [0.717, 1.165) is 12.8 Å². The standard InChI is InChI=1S/C11H17NO2/c1-11(2)6-8(7-11)12-4-3-9(13)5-10(12)14/h8H,3-7H2,1-2H3. The Balaban J connectivity index is 1.94. The molecule has 0 spiro atoms. The van der Waals surface area contributed by atoms with E-state index in [-0.39, 0.29) is 18.1 Å². The minimum Gasteiger partial charge on any atom is -0.339 e. The van der Waals surface area contributed by atoms with E-state index in [2.05, 4.69) is 13.8 Å². The summed E-state index contributed by atoms with van der Waals surface area (Å²) in [6.45, 7) is 5.10. The number of carbonyl (C=O) groups is 2. The van der Waals surface area contributed by atoms with Crippen LogP contribution in [0.1, 0.15) is 39.5 Å². The molecule has 0 radical (unpaired) electrons. The van der Waals surface area contributed by atoms with Crippen molar-refractivity contribution in [2.75, 3.05) is 6.54 Å². The summed E-state index contributed by atoms with van der Waals surface area (Å²) in [4.78, 5) is 24.5. The van der Waals surface area contributed by atoms with Crippen LogP contribution in [0.25, 0.3) is 0 Å². The van der Waals surface area contributed by atoms with Gasteiger partial charge in [0.15, 0.2) is 0 Å². The summed E-state index contributed by atoms with van der Waals surface area (Å²) in [5.74, 6) is 0.145. The van der Waals surface area contributed by atoms with Gasteiger partial charge in [0.2, 0.25) is 5.91 Å². The Labute approximate surface area is 84.5 Å². The van der Waals surface area contributed by atoms with Crippen molar-refractivity contribution < 1.29 is 9.59 Å². The minimum absolute atomic E-state index is 0.0433. The Kier molecular flexibility index (Phi) is 2.13. The fraction of sp³-hybridized carbons (Fsp3) is 0.818. The number of hydrogen-bond acceptors (Lipinski definition) is 2. The number of nitrogens with zero attached hydrogens (tertiary/aromatic N) is 1. The van der Waals surface area contributed by atoms with Crippen molar-refractivity contribution in [3.8, 4) is 0 Å². The van der Waals surface area contributed by atoms with Crippen LogP contribution in [0.2, 0.25) is 0 Å². The van der Waals surface area contributed by atoms with E-state index in [4.69, 9.17) is 0 Å². The van der Waals surface area contributed by atoms with Crippen molar-refractivity contribution in [3.05, 3.63) is 0 Å². The predicted octanol–water partition coefficient (Wildman–Crippen LogP) is 1.37. The summed E-state index contributed by atoms with van der Waals surface area (Å²) in [7, 11) is 0. The van der Waals surface area contributed by atoms with Crippen LogP contribution in [-0.4, -0.2) is 29.2 Å². The van der Waals surface area contributed by atoms with Gasteiger partial charge in [-0.1, -0.05) is 13.8 Å². The molecule has 0 atom stereocenters. The quantitative estimate of drug-likeness (QED) is 0.592. The lowest BCUT2D eigenvalue weighted by Gasteiger charge is -2.49. The molecule has 78 valence electrons. The lowest BCUT2D eigenvalue weighted by Crippen LogP contribution is -2.53. The Morgan fingerprint density at radius 2 is 1.93 bits per heavy atom. The SMILES string of the molecule is CC1(C)CC(N2CCC(=O)CC2=O)C1.